The number of carbonyl (C=O) groups excluding carboxylic acids is 3. The molecule has 1 aromatic carbocycles. The molecule has 1 aliphatic heterocycles. The van der Waals surface area contributed by atoms with Crippen molar-refractivity contribution in [3.63, 3.8) is 0 Å². The fourth-order valence-electron chi connectivity index (χ4n) is 2.61. The van der Waals surface area contributed by atoms with Crippen LogP contribution in [0.5, 0.6) is 0 Å². The Morgan fingerprint density at radius 2 is 1.89 bits per heavy atom. The largest absolute Gasteiger partial charge is 0.371 e. The highest BCUT2D eigenvalue weighted by molar-refractivity contribution is 7.15. The maximum Gasteiger partial charge on any atom is 0.251 e. The van der Waals surface area contributed by atoms with Gasteiger partial charge in [-0.05, 0) is 51.0 Å². The smallest absolute Gasteiger partial charge is 0.251 e. The van der Waals surface area contributed by atoms with E-state index in [1.807, 2.05) is 0 Å². The molecule has 1 atom stereocenters. The van der Waals surface area contributed by atoms with Crippen LogP contribution in [0.4, 0.5) is 10.8 Å². The monoisotopic (exact) mass is 400 g/mol. The molecule has 28 heavy (non-hydrogen) atoms. The van der Waals surface area contributed by atoms with Crippen molar-refractivity contribution in [2.24, 2.45) is 0 Å². The molecule has 1 aliphatic rings. The first-order chi connectivity index (χ1) is 13.4. The van der Waals surface area contributed by atoms with E-state index in [-0.39, 0.29) is 17.5 Å². The fraction of sp³-hybridized carbons (Fsp3) is 0.316. The van der Waals surface area contributed by atoms with Gasteiger partial charge in [0, 0.05) is 29.5 Å². The fourth-order valence-corrected chi connectivity index (χ4v) is 3.44. The number of nitrogens with one attached hydrogen (secondary N) is 2. The summed E-state index contributed by atoms with van der Waals surface area (Å²) in [5.74, 6) is -0.928. The molecule has 0 spiro atoms. The van der Waals surface area contributed by atoms with Crippen molar-refractivity contribution in [2.45, 2.75) is 32.8 Å². The lowest BCUT2D eigenvalue weighted by Gasteiger charge is -2.06. The van der Waals surface area contributed by atoms with Crippen molar-refractivity contribution in [3.8, 4) is 0 Å². The lowest BCUT2D eigenvalue weighted by Crippen LogP contribution is -2.16. The number of hydrogen-bond donors (Lipinski definition) is 2. The van der Waals surface area contributed by atoms with Crippen molar-refractivity contribution in [3.05, 3.63) is 46.5 Å². The predicted octanol–water partition coefficient (Wildman–Crippen LogP) is 3.12. The third-order valence-electron chi connectivity index (χ3n) is 4.13. The predicted molar refractivity (Wildman–Crippen MR) is 105 cm³/mol. The number of ether oxygens (including phenoxy) is 1. The van der Waals surface area contributed by atoms with E-state index in [0.29, 0.717) is 23.0 Å². The van der Waals surface area contributed by atoms with Crippen LogP contribution in [0.25, 0.3) is 0 Å². The Balaban J connectivity index is 1.56. The number of rotatable bonds is 6. The molecule has 2 N–H and O–H groups in total. The zero-order chi connectivity index (χ0) is 20.1. The van der Waals surface area contributed by atoms with Gasteiger partial charge in [-0.1, -0.05) is 11.3 Å². The van der Waals surface area contributed by atoms with E-state index >= 15 is 0 Å². The summed E-state index contributed by atoms with van der Waals surface area (Å²) >= 11 is 1.26. The van der Waals surface area contributed by atoms with Gasteiger partial charge in [0.25, 0.3) is 11.8 Å². The van der Waals surface area contributed by atoms with Crippen LogP contribution in [0.3, 0.4) is 0 Å². The molecule has 2 heterocycles. The highest BCUT2D eigenvalue weighted by Crippen LogP contribution is 2.31. The number of anilines is 2. The van der Waals surface area contributed by atoms with Crippen LogP contribution in [-0.2, 0) is 14.3 Å². The topological polar surface area (TPSA) is 110 Å². The number of benzene rings is 1. The van der Waals surface area contributed by atoms with Crippen LogP contribution in [0.15, 0.2) is 35.9 Å². The molecule has 1 saturated heterocycles. The third kappa shape index (κ3) is 5.08. The summed E-state index contributed by atoms with van der Waals surface area (Å²) in [5, 5.41) is 14.4. The van der Waals surface area contributed by atoms with E-state index in [9.17, 15) is 14.4 Å². The van der Waals surface area contributed by atoms with Crippen LogP contribution < -0.4 is 10.6 Å². The molecule has 2 aromatic rings. The molecule has 0 saturated carbocycles. The van der Waals surface area contributed by atoms with Crippen molar-refractivity contribution < 1.29 is 19.1 Å². The Morgan fingerprint density at radius 3 is 2.54 bits per heavy atom. The van der Waals surface area contributed by atoms with Gasteiger partial charge in [-0.3, -0.25) is 19.7 Å². The minimum absolute atomic E-state index is 0.0510. The van der Waals surface area contributed by atoms with Gasteiger partial charge in [0.1, 0.15) is 11.1 Å². The minimum atomic E-state index is -0.463. The van der Waals surface area contributed by atoms with E-state index in [4.69, 9.17) is 4.74 Å². The SMILES string of the molecule is CC(=O)c1ccc(NC(=O)/C(C)=C\C(=O)Nc2nnc(C3CCCO3)s2)cc1. The molecule has 3 rings (SSSR count). The van der Waals surface area contributed by atoms with Gasteiger partial charge in [-0.2, -0.15) is 0 Å². The molecule has 1 aromatic heterocycles. The lowest BCUT2D eigenvalue weighted by molar-refractivity contribution is -0.114. The molecule has 146 valence electrons. The van der Waals surface area contributed by atoms with Gasteiger partial charge in [-0.15, -0.1) is 10.2 Å². The molecule has 1 fully saturated rings. The molecule has 0 bridgehead atoms. The molecular formula is C19H20N4O4S. The summed E-state index contributed by atoms with van der Waals surface area (Å²) in [6.45, 7) is 3.72. The average Bonchev–Trinajstić information content (AvgIpc) is 3.33. The van der Waals surface area contributed by atoms with Gasteiger partial charge in [0.2, 0.25) is 5.13 Å². The highest BCUT2D eigenvalue weighted by Gasteiger charge is 2.22. The Morgan fingerprint density at radius 1 is 1.14 bits per heavy atom. The summed E-state index contributed by atoms with van der Waals surface area (Å²) in [5.41, 5.74) is 1.33. The Kier molecular flexibility index (Phi) is 6.27. The minimum Gasteiger partial charge on any atom is -0.371 e. The van der Waals surface area contributed by atoms with Crippen LogP contribution in [0.1, 0.15) is 48.2 Å². The first kappa shape index (κ1) is 19.8. The number of amides is 2. The quantitative estimate of drug-likeness (QED) is 0.569. The second-order valence-electron chi connectivity index (χ2n) is 6.35. The molecule has 9 heteroatoms. The molecule has 2 amide bonds. The summed E-state index contributed by atoms with van der Waals surface area (Å²) in [6, 6.07) is 6.53. The Labute approximate surface area is 166 Å². The van der Waals surface area contributed by atoms with E-state index in [0.717, 1.165) is 17.8 Å². The van der Waals surface area contributed by atoms with E-state index in [1.165, 1.54) is 31.3 Å². The summed E-state index contributed by atoms with van der Waals surface area (Å²) in [7, 11) is 0. The first-order valence-corrected chi connectivity index (χ1v) is 9.60. The van der Waals surface area contributed by atoms with Crippen LogP contribution in [-0.4, -0.2) is 34.4 Å². The van der Waals surface area contributed by atoms with Gasteiger partial charge in [-0.25, -0.2) is 0 Å². The van der Waals surface area contributed by atoms with Crippen LogP contribution >= 0.6 is 11.3 Å². The molecule has 1 unspecified atom stereocenters. The Hall–Kier alpha value is -2.91. The molecule has 8 nitrogen and oxygen atoms in total. The summed E-state index contributed by atoms with van der Waals surface area (Å²) in [6.07, 6.45) is 3.03. The second kappa shape index (κ2) is 8.85. The first-order valence-electron chi connectivity index (χ1n) is 8.79. The van der Waals surface area contributed by atoms with E-state index in [2.05, 4.69) is 20.8 Å². The van der Waals surface area contributed by atoms with E-state index in [1.54, 1.807) is 24.3 Å². The van der Waals surface area contributed by atoms with Crippen molar-refractivity contribution in [2.75, 3.05) is 17.2 Å². The third-order valence-corrected chi connectivity index (χ3v) is 5.06. The molecule has 0 radical (unpaired) electrons. The van der Waals surface area contributed by atoms with Crippen molar-refractivity contribution >= 4 is 39.8 Å². The van der Waals surface area contributed by atoms with Gasteiger partial charge in [0.15, 0.2) is 5.78 Å². The van der Waals surface area contributed by atoms with Crippen LogP contribution in [0, 0.1) is 0 Å². The highest BCUT2D eigenvalue weighted by atomic mass is 32.1. The average molecular weight is 400 g/mol. The standard InChI is InChI=1S/C19H20N4O4S/c1-11(17(26)20-14-7-5-13(6-8-14)12(2)24)10-16(25)21-19-23-22-18(28-19)15-4-3-9-27-15/h5-8,10,15H,3-4,9H2,1-2H3,(H,20,26)(H,21,23,25)/b11-10-. The molecular weight excluding hydrogens is 380 g/mol. The second-order valence-corrected chi connectivity index (χ2v) is 7.36. The zero-order valence-electron chi connectivity index (χ0n) is 15.5. The summed E-state index contributed by atoms with van der Waals surface area (Å²) < 4.78 is 5.54. The molecule has 0 aliphatic carbocycles. The number of carbonyl (C=O) groups is 3. The van der Waals surface area contributed by atoms with Gasteiger partial charge >= 0.3 is 0 Å². The van der Waals surface area contributed by atoms with Crippen LogP contribution in [0.2, 0.25) is 0 Å². The van der Waals surface area contributed by atoms with Gasteiger partial charge < -0.3 is 10.1 Å². The van der Waals surface area contributed by atoms with Crippen molar-refractivity contribution in [1.29, 1.82) is 0 Å². The maximum atomic E-state index is 12.2. The Bertz CT molecular complexity index is 914. The maximum absolute atomic E-state index is 12.2. The summed E-state index contributed by atoms with van der Waals surface area (Å²) in [4.78, 5) is 35.6. The van der Waals surface area contributed by atoms with Crippen molar-refractivity contribution in [1.82, 2.24) is 10.2 Å². The zero-order valence-corrected chi connectivity index (χ0v) is 16.3. The lowest BCUT2D eigenvalue weighted by atomic mass is 10.1. The van der Waals surface area contributed by atoms with Gasteiger partial charge in [0.05, 0.1) is 0 Å². The normalized spacial score (nSPS) is 16.6. The number of ketones is 1. The number of Topliss-reactive ketones (excluding diaryl/α,β-unsaturated/α-hetero) is 1. The number of nitrogens with zero attached hydrogens (tertiary/aromatic N) is 2. The van der Waals surface area contributed by atoms with E-state index < -0.39 is 11.8 Å². The number of aromatic nitrogens is 2. The number of hydrogen-bond acceptors (Lipinski definition) is 7.